The van der Waals surface area contributed by atoms with E-state index in [0.717, 1.165) is 23.4 Å². The fraction of sp³-hybridized carbons (Fsp3) is 0.154. The number of aromatic nitrogens is 2. The van der Waals surface area contributed by atoms with E-state index in [1.807, 2.05) is 24.4 Å². The van der Waals surface area contributed by atoms with Crippen molar-refractivity contribution in [2.75, 3.05) is 6.54 Å². The molecule has 0 aliphatic carbocycles. The number of aromatic amines is 1. The lowest BCUT2D eigenvalue weighted by molar-refractivity contribution is 0.772. The lowest BCUT2D eigenvalue weighted by Gasteiger charge is -2.03. The highest BCUT2D eigenvalue weighted by Crippen LogP contribution is 2.20. The van der Waals surface area contributed by atoms with Crippen LogP contribution in [0.15, 0.2) is 36.5 Å². The van der Waals surface area contributed by atoms with Crippen LogP contribution in [0.3, 0.4) is 0 Å². The van der Waals surface area contributed by atoms with E-state index in [9.17, 15) is 0 Å². The molecule has 0 aliphatic rings. The summed E-state index contributed by atoms with van der Waals surface area (Å²) in [4.78, 5) is 0. The molecule has 2 aromatic rings. The van der Waals surface area contributed by atoms with Crippen LogP contribution in [0.1, 0.15) is 5.56 Å². The van der Waals surface area contributed by atoms with Crippen LogP contribution in [-0.4, -0.2) is 16.7 Å². The molecule has 0 atom stereocenters. The summed E-state index contributed by atoms with van der Waals surface area (Å²) in [7, 11) is 0. The zero-order valence-electron chi connectivity index (χ0n) is 8.90. The Hall–Kier alpha value is -2.05. The van der Waals surface area contributed by atoms with Crippen LogP contribution in [0.25, 0.3) is 11.3 Å². The van der Waals surface area contributed by atoms with Gasteiger partial charge in [-0.25, -0.2) is 0 Å². The number of rotatable bonds is 4. The average molecular weight is 211 g/mol. The van der Waals surface area contributed by atoms with E-state index in [1.54, 1.807) is 0 Å². The molecule has 2 rings (SSSR count). The van der Waals surface area contributed by atoms with Crippen LogP contribution in [-0.2, 0) is 6.54 Å². The summed E-state index contributed by atoms with van der Waals surface area (Å²) in [6, 6.07) is 10.1. The maximum absolute atomic E-state index is 5.18. The van der Waals surface area contributed by atoms with E-state index in [0.29, 0.717) is 6.54 Å². The Kier molecular flexibility index (Phi) is 3.37. The maximum Gasteiger partial charge on any atom is 0.0695 e. The van der Waals surface area contributed by atoms with E-state index in [2.05, 4.69) is 33.6 Å². The highest BCUT2D eigenvalue weighted by molar-refractivity contribution is 5.62. The molecule has 0 fully saturated rings. The molecule has 0 saturated carbocycles. The molecule has 16 heavy (non-hydrogen) atoms. The monoisotopic (exact) mass is 211 g/mol. The summed E-state index contributed by atoms with van der Waals surface area (Å²) < 4.78 is 0. The van der Waals surface area contributed by atoms with Gasteiger partial charge in [0.25, 0.3) is 0 Å². The average Bonchev–Trinajstić information content (AvgIpc) is 2.79. The number of nitrogens with zero attached hydrogens (tertiary/aromatic N) is 1. The lowest BCUT2D eigenvalue weighted by Crippen LogP contribution is -2.13. The maximum atomic E-state index is 5.18. The first kappa shape index (κ1) is 10.5. The van der Waals surface area contributed by atoms with Gasteiger partial charge in [0.15, 0.2) is 0 Å². The number of benzene rings is 1. The Morgan fingerprint density at radius 3 is 2.88 bits per heavy atom. The van der Waals surface area contributed by atoms with Gasteiger partial charge in [-0.15, -0.1) is 6.42 Å². The molecular weight excluding hydrogens is 198 g/mol. The second kappa shape index (κ2) is 5.15. The highest BCUT2D eigenvalue weighted by atomic mass is 15.1. The molecule has 80 valence electrons. The molecule has 2 N–H and O–H groups in total. The predicted molar refractivity (Wildman–Crippen MR) is 64.6 cm³/mol. The molecule has 1 aromatic heterocycles. The van der Waals surface area contributed by atoms with E-state index in [4.69, 9.17) is 6.42 Å². The Morgan fingerprint density at radius 1 is 1.31 bits per heavy atom. The van der Waals surface area contributed by atoms with Gasteiger partial charge in [-0.2, -0.15) is 5.10 Å². The number of hydrogen-bond donors (Lipinski definition) is 2. The van der Waals surface area contributed by atoms with E-state index >= 15 is 0 Å². The van der Waals surface area contributed by atoms with Gasteiger partial charge >= 0.3 is 0 Å². The molecule has 0 radical (unpaired) electrons. The number of H-pyrrole nitrogens is 1. The molecule has 1 aromatic carbocycles. The van der Waals surface area contributed by atoms with Crippen LogP contribution >= 0.6 is 0 Å². The van der Waals surface area contributed by atoms with Crippen LogP contribution in [0.4, 0.5) is 0 Å². The molecule has 3 nitrogen and oxygen atoms in total. The van der Waals surface area contributed by atoms with E-state index < -0.39 is 0 Å². The van der Waals surface area contributed by atoms with Crippen molar-refractivity contribution in [1.82, 2.24) is 15.5 Å². The second-order valence-electron chi connectivity index (χ2n) is 3.44. The van der Waals surface area contributed by atoms with Gasteiger partial charge in [0.05, 0.1) is 18.4 Å². The van der Waals surface area contributed by atoms with Gasteiger partial charge in [-0.05, 0) is 5.56 Å². The van der Waals surface area contributed by atoms with Gasteiger partial charge in [0, 0.05) is 12.1 Å². The smallest absolute Gasteiger partial charge is 0.0695 e. The molecule has 0 amide bonds. The molecule has 1 heterocycles. The zero-order chi connectivity index (χ0) is 11.2. The van der Waals surface area contributed by atoms with Crippen LogP contribution < -0.4 is 5.32 Å². The summed E-state index contributed by atoms with van der Waals surface area (Å²) in [6.07, 6.45) is 7.01. The second-order valence-corrected chi connectivity index (χ2v) is 3.44. The van der Waals surface area contributed by atoms with E-state index in [-0.39, 0.29) is 0 Å². The highest BCUT2D eigenvalue weighted by Gasteiger charge is 2.05. The molecule has 3 heteroatoms. The Balaban J connectivity index is 2.17. The van der Waals surface area contributed by atoms with Gasteiger partial charge < -0.3 is 5.32 Å². The van der Waals surface area contributed by atoms with Crippen LogP contribution in [0.2, 0.25) is 0 Å². The largest absolute Gasteiger partial charge is 0.302 e. The predicted octanol–water partition coefficient (Wildman–Crippen LogP) is 1.80. The van der Waals surface area contributed by atoms with Gasteiger partial charge in [-0.1, -0.05) is 36.3 Å². The van der Waals surface area contributed by atoms with Crippen molar-refractivity contribution in [2.24, 2.45) is 0 Å². The van der Waals surface area contributed by atoms with Crippen molar-refractivity contribution in [1.29, 1.82) is 0 Å². The Morgan fingerprint density at radius 2 is 2.12 bits per heavy atom. The SMILES string of the molecule is C#CCNCc1cn[nH]c1-c1ccccc1. The van der Waals surface area contributed by atoms with Crippen molar-refractivity contribution >= 4 is 0 Å². The minimum atomic E-state index is 0.569. The fourth-order valence-corrected chi connectivity index (χ4v) is 1.57. The molecular formula is C13H13N3. The van der Waals surface area contributed by atoms with Gasteiger partial charge in [0.1, 0.15) is 0 Å². The molecule has 0 aliphatic heterocycles. The number of hydrogen-bond acceptors (Lipinski definition) is 2. The lowest BCUT2D eigenvalue weighted by atomic mass is 10.1. The molecule has 0 unspecified atom stereocenters. The van der Waals surface area contributed by atoms with Crippen LogP contribution in [0.5, 0.6) is 0 Å². The molecule has 0 saturated heterocycles. The summed E-state index contributed by atoms with van der Waals surface area (Å²) in [6.45, 7) is 1.30. The van der Waals surface area contributed by atoms with Crippen molar-refractivity contribution in [2.45, 2.75) is 6.54 Å². The van der Waals surface area contributed by atoms with Crippen molar-refractivity contribution in [3.8, 4) is 23.6 Å². The van der Waals surface area contributed by atoms with Crippen molar-refractivity contribution < 1.29 is 0 Å². The zero-order valence-corrected chi connectivity index (χ0v) is 8.90. The normalized spacial score (nSPS) is 9.94. The number of terminal acetylenes is 1. The van der Waals surface area contributed by atoms with Crippen molar-refractivity contribution in [3.63, 3.8) is 0 Å². The first-order chi connectivity index (χ1) is 7.92. The molecule has 0 spiro atoms. The standard InChI is InChI=1S/C13H13N3/c1-2-8-14-9-12-10-15-16-13(12)11-6-4-3-5-7-11/h1,3-7,10,14H,8-9H2,(H,15,16). The summed E-state index contributed by atoms with van der Waals surface area (Å²) in [5.74, 6) is 2.55. The number of nitrogens with one attached hydrogen (secondary N) is 2. The third-order valence-corrected chi connectivity index (χ3v) is 2.32. The molecule has 0 bridgehead atoms. The van der Waals surface area contributed by atoms with Gasteiger partial charge in [-0.3, -0.25) is 5.10 Å². The fourth-order valence-electron chi connectivity index (χ4n) is 1.57. The van der Waals surface area contributed by atoms with Crippen LogP contribution in [0, 0.1) is 12.3 Å². The van der Waals surface area contributed by atoms with E-state index in [1.165, 1.54) is 0 Å². The summed E-state index contributed by atoms with van der Waals surface area (Å²) in [5, 5.41) is 10.2. The first-order valence-corrected chi connectivity index (χ1v) is 5.13. The minimum absolute atomic E-state index is 0.569. The summed E-state index contributed by atoms with van der Waals surface area (Å²) in [5.41, 5.74) is 3.31. The van der Waals surface area contributed by atoms with Crippen molar-refractivity contribution in [3.05, 3.63) is 42.1 Å². The third kappa shape index (κ3) is 2.30. The summed E-state index contributed by atoms with van der Waals surface area (Å²) >= 11 is 0. The minimum Gasteiger partial charge on any atom is -0.302 e. The topological polar surface area (TPSA) is 40.7 Å². The third-order valence-electron chi connectivity index (χ3n) is 2.32. The quantitative estimate of drug-likeness (QED) is 0.598. The van der Waals surface area contributed by atoms with Gasteiger partial charge in [0.2, 0.25) is 0 Å². The Labute approximate surface area is 94.9 Å². The first-order valence-electron chi connectivity index (χ1n) is 5.13. The Bertz CT molecular complexity index is 479.